The zero-order valence-corrected chi connectivity index (χ0v) is 10.8. The van der Waals surface area contributed by atoms with Gasteiger partial charge in [0.15, 0.2) is 11.5 Å². The molecule has 0 saturated heterocycles. The van der Waals surface area contributed by atoms with Crippen molar-refractivity contribution in [3.8, 4) is 11.5 Å². The number of benzene rings is 1. The van der Waals surface area contributed by atoms with Gasteiger partial charge < -0.3 is 20.9 Å². The number of nitrogens with zero attached hydrogens (tertiary/aromatic N) is 2. The molecule has 2 aromatic rings. The number of nitrogen functional groups attached to an aromatic ring is 2. The first-order chi connectivity index (χ1) is 9.20. The second kappa shape index (κ2) is 4.85. The summed E-state index contributed by atoms with van der Waals surface area (Å²) in [6, 6.07) is 7.41. The molecule has 0 saturated carbocycles. The summed E-state index contributed by atoms with van der Waals surface area (Å²) >= 11 is 1.44. The number of anilines is 2. The van der Waals surface area contributed by atoms with Crippen LogP contribution in [0.2, 0.25) is 0 Å². The van der Waals surface area contributed by atoms with Crippen LogP contribution in [0, 0.1) is 0 Å². The van der Waals surface area contributed by atoms with Gasteiger partial charge in [0.1, 0.15) is 24.1 Å². The van der Waals surface area contributed by atoms with Gasteiger partial charge in [0.25, 0.3) is 0 Å². The summed E-state index contributed by atoms with van der Waals surface area (Å²) in [7, 11) is 0. The highest BCUT2D eigenvalue weighted by atomic mass is 32.2. The number of ether oxygens (including phenoxy) is 2. The van der Waals surface area contributed by atoms with Crippen LogP contribution < -0.4 is 20.9 Å². The molecule has 0 spiro atoms. The summed E-state index contributed by atoms with van der Waals surface area (Å²) in [5.41, 5.74) is 11.2. The Hall–Kier alpha value is -2.15. The fourth-order valence-corrected chi connectivity index (χ4v) is 2.58. The van der Waals surface area contributed by atoms with Crippen molar-refractivity contribution in [2.45, 2.75) is 9.92 Å². The van der Waals surface area contributed by atoms with Crippen molar-refractivity contribution < 1.29 is 9.47 Å². The summed E-state index contributed by atoms with van der Waals surface area (Å²) in [6.07, 6.45) is 0. The molecule has 19 heavy (non-hydrogen) atoms. The molecule has 1 aromatic carbocycles. The third-order valence-corrected chi connectivity index (χ3v) is 3.38. The molecule has 7 heteroatoms. The predicted molar refractivity (Wildman–Crippen MR) is 72.4 cm³/mol. The lowest BCUT2D eigenvalue weighted by atomic mass is 10.3. The van der Waals surface area contributed by atoms with Gasteiger partial charge in [-0.15, -0.1) is 0 Å². The molecule has 4 N–H and O–H groups in total. The SMILES string of the molecule is Nc1cc(Sc2ccc3c(c2)OCCO3)nc(N)n1. The first-order valence-electron chi connectivity index (χ1n) is 5.68. The Morgan fingerprint density at radius 1 is 1.00 bits per heavy atom. The molecule has 2 heterocycles. The Kier molecular flexibility index (Phi) is 3.04. The molecule has 0 radical (unpaired) electrons. The van der Waals surface area contributed by atoms with E-state index >= 15 is 0 Å². The van der Waals surface area contributed by atoms with E-state index in [0.717, 1.165) is 16.4 Å². The van der Waals surface area contributed by atoms with Crippen molar-refractivity contribution >= 4 is 23.5 Å². The molecule has 3 rings (SSSR count). The summed E-state index contributed by atoms with van der Waals surface area (Å²) in [6.45, 7) is 1.15. The topological polar surface area (TPSA) is 96.3 Å². The molecule has 1 aliphatic rings. The third kappa shape index (κ3) is 2.65. The molecule has 0 amide bonds. The van der Waals surface area contributed by atoms with Crippen molar-refractivity contribution in [2.24, 2.45) is 0 Å². The van der Waals surface area contributed by atoms with Crippen LogP contribution in [0.4, 0.5) is 11.8 Å². The second-order valence-electron chi connectivity index (χ2n) is 3.90. The number of aromatic nitrogens is 2. The molecule has 0 aliphatic carbocycles. The lowest BCUT2D eigenvalue weighted by molar-refractivity contribution is 0.171. The molecule has 0 unspecified atom stereocenters. The van der Waals surface area contributed by atoms with E-state index in [1.54, 1.807) is 6.07 Å². The first-order valence-corrected chi connectivity index (χ1v) is 6.50. The maximum Gasteiger partial charge on any atom is 0.223 e. The number of fused-ring (bicyclic) bond motifs is 1. The average molecular weight is 276 g/mol. The van der Waals surface area contributed by atoms with E-state index in [2.05, 4.69) is 9.97 Å². The molecule has 0 atom stereocenters. The van der Waals surface area contributed by atoms with E-state index in [1.807, 2.05) is 18.2 Å². The quantitative estimate of drug-likeness (QED) is 0.803. The van der Waals surface area contributed by atoms with Crippen LogP contribution in [0.25, 0.3) is 0 Å². The normalized spacial score (nSPS) is 13.3. The predicted octanol–water partition coefficient (Wildman–Crippen LogP) is 1.56. The lowest BCUT2D eigenvalue weighted by Gasteiger charge is -2.18. The van der Waals surface area contributed by atoms with E-state index in [9.17, 15) is 0 Å². The summed E-state index contributed by atoms with van der Waals surface area (Å²) in [5, 5.41) is 0.696. The van der Waals surface area contributed by atoms with Crippen LogP contribution in [-0.2, 0) is 0 Å². The van der Waals surface area contributed by atoms with Gasteiger partial charge in [0.2, 0.25) is 5.95 Å². The largest absolute Gasteiger partial charge is 0.486 e. The Morgan fingerprint density at radius 2 is 1.79 bits per heavy atom. The highest BCUT2D eigenvalue weighted by Gasteiger charge is 2.12. The highest BCUT2D eigenvalue weighted by molar-refractivity contribution is 7.99. The summed E-state index contributed by atoms with van der Waals surface area (Å²) in [5.74, 6) is 2.02. The average Bonchev–Trinajstić information content (AvgIpc) is 2.37. The Bertz CT molecular complexity index is 600. The fraction of sp³-hybridized carbons (Fsp3) is 0.167. The van der Waals surface area contributed by atoms with Crippen LogP contribution in [0.1, 0.15) is 0 Å². The Morgan fingerprint density at radius 3 is 2.58 bits per heavy atom. The van der Waals surface area contributed by atoms with Gasteiger partial charge >= 0.3 is 0 Å². The number of hydrogen-bond acceptors (Lipinski definition) is 7. The second-order valence-corrected chi connectivity index (χ2v) is 4.99. The van der Waals surface area contributed by atoms with E-state index < -0.39 is 0 Å². The van der Waals surface area contributed by atoms with E-state index in [0.29, 0.717) is 24.1 Å². The number of hydrogen-bond donors (Lipinski definition) is 2. The molecule has 98 valence electrons. The minimum absolute atomic E-state index is 0.167. The van der Waals surface area contributed by atoms with Gasteiger partial charge in [0, 0.05) is 11.0 Å². The first kappa shape index (κ1) is 11.9. The minimum atomic E-state index is 0.167. The highest BCUT2D eigenvalue weighted by Crippen LogP contribution is 2.36. The monoisotopic (exact) mass is 276 g/mol. The molecule has 1 aliphatic heterocycles. The zero-order chi connectivity index (χ0) is 13.2. The number of nitrogens with two attached hydrogens (primary N) is 2. The van der Waals surface area contributed by atoms with Crippen LogP contribution in [0.15, 0.2) is 34.2 Å². The van der Waals surface area contributed by atoms with Gasteiger partial charge in [-0.1, -0.05) is 11.8 Å². The minimum Gasteiger partial charge on any atom is -0.486 e. The van der Waals surface area contributed by atoms with Crippen molar-refractivity contribution in [1.82, 2.24) is 9.97 Å². The van der Waals surface area contributed by atoms with Crippen molar-refractivity contribution in [2.75, 3.05) is 24.7 Å². The molecule has 0 fully saturated rings. The van der Waals surface area contributed by atoms with Crippen molar-refractivity contribution in [3.63, 3.8) is 0 Å². The van der Waals surface area contributed by atoms with Crippen LogP contribution in [-0.4, -0.2) is 23.2 Å². The third-order valence-electron chi connectivity index (χ3n) is 2.48. The van der Waals surface area contributed by atoms with E-state index in [1.165, 1.54) is 11.8 Å². The van der Waals surface area contributed by atoms with Gasteiger partial charge in [-0.2, -0.15) is 4.98 Å². The van der Waals surface area contributed by atoms with Gasteiger partial charge in [-0.05, 0) is 18.2 Å². The van der Waals surface area contributed by atoms with Crippen molar-refractivity contribution in [3.05, 3.63) is 24.3 Å². The Balaban J connectivity index is 1.86. The maximum atomic E-state index is 5.63. The van der Waals surface area contributed by atoms with E-state index in [4.69, 9.17) is 20.9 Å². The number of rotatable bonds is 2. The zero-order valence-electron chi connectivity index (χ0n) is 10.00. The molecule has 0 bridgehead atoms. The molecular weight excluding hydrogens is 264 g/mol. The fourth-order valence-electron chi connectivity index (χ4n) is 1.72. The van der Waals surface area contributed by atoms with Crippen LogP contribution >= 0.6 is 11.8 Å². The van der Waals surface area contributed by atoms with Gasteiger partial charge in [-0.3, -0.25) is 0 Å². The summed E-state index contributed by atoms with van der Waals surface area (Å²) < 4.78 is 11.0. The summed E-state index contributed by atoms with van der Waals surface area (Å²) in [4.78, 5) is 8.93. The van der Waals surface area contributed by atoms with Crippen LogP contribution in [0.3, 0.4) is 0 Å². The van der Waals surface area contributed by atoms with Crippen molar-refractivity contribution in [1.29, 1.82) is 0 Å². The smallest absolute Gasteiger partial charge is 0.223 e. The van der Waals surface area contributed by atoms with Crippen LogP contribution in [0.5, 0.6) is 11.5 Å². The maximum absolute atomic E-state index is 5.63. The lowest BCUT2D eigenvalue weighted by Crippen LogP contribution is -2.15. The van der Waals surface area contributed by atoms with Gasteiger partial charge in [-0.25, -0.2) is 4.98 Å². The molecule has 6 nitrogen and oxygen atoms in total. The van der Waals surface area contributed by atoms with Gasteiger partial charge in [0.05, 0.1) is 0 Å². The standard InChI is InChI=1S/C12H12N4O2S/c13-10-6-11(16-12(14)15-10)19-7-1-2-8-9(5-7)18-4-3-17-8/h1-2,5-6H,3-4H2,(H4,13,14,15,16). The Labute approximate surface area is 114 Å². The van der Waals surface area contributed by atoms with E-state index in [-0.39, 0.29) is 5.95 Å². The molecule has 1 aromatic heterocycles. The molecular formula is C12H12N4O2S.